The second-order valence-corrected chi connectivity index (χ2v) is 7.79. The van der Waals surface area contributed by atoms with Crippen molar-refractivity contribution in [2.75, 3.05) is 44.3 Å². The Bertz CT molecular complexity index is 644. The maximum Gasteiger partial charge on any atom is 0.338 e. The third-order valence-electron chi connectivity index (χ3n) is 4.98. The van der Waals surface area contributed by atoms with Gasteiger partial charge in [-0.05, 0) is 43.0 Å². The average molecular weight is 374 g/mol. The summed E-state index contributed by atoms with van der Waals surface area (Å²) < 4.78 is 11.2. The van der Waals surface area contributed by atoms with Crippen molar-refractivity contribution in [2.24, 2.45) is 5.92 Å². The first kappa shape index (κ1) is 19.8. The van der Waals surface area contributed by atoms with Crippen LogP contribution in [0.4, 0.5) is 5.69 Å². The highest BCUT2D eigenvalue weighted by molar-refractivity contribution is 5.95. The lowest BCUT2D eigenvalue weighted by molar-refractivity contribution is -0.119. The Morgan fingerprint density at radius 1 is 1.22 bits per heavy atom. The summed E-state index contributed by atoms with van der Waals surface area (Å²) in [4.78, 5) is 28.5. The summed E-state index contributed by atoms with van der Waals surface area (Å²) in [6.45, 7) is 8.84. The lowest BCUT2D eigenvalue weighted by Gasteiger charge is -2.33. The molecule has 1 atom stereocenters. The second kappa shape index (κ2) is 9.33. The fourth-order valence-electron chi connectivity index (χ4n) is 3.67. The molecule has 0 aromatic heterocycles. The van der Waals surface area contributed by atoms with Crippen LogP contribution in [0.3, 0.4) is 0 Å². The SMILES string of the molecule is CC(C)CN1CCOC(COC(=O)c2ccc(N3CCCCC3=O)cc2)C1. The molecule has 148 valence electrons. The zero-order valence-electron chi connectivity index (χ0n) is 16.4. The smallest absolute Gasteiger partial charge is 0.338 e. The third-order valence-corrected chi connectivity index (χ3v) is 4.98. The largest absolute Gasteiger partial charge is 0.459 e. The van der Waals surface area contributed by atoms with Gasteiger partial charge in [-0.3, -0.25) is 9.69 Å². The molecule has 0 spiro atoms. The Labute approximate surface area is 161 Å². The molecule has 1 aromatic carbocycles. The zero-order chi connectivity index (χ0) is 19.2. The summed E-state index contributed by atoms with van der Waals surface area (Å²) in [6, 6.07) is 7.10. The van der Waals surface area contributed by atoms with Gasteiger partial charge in [0.25, 0.3) is 0 Å². The number of ether oxygens (including phenoxy) is 2. The van der Waals surface area contributed by atoms with Gasteiger partial charge in [0.05, 0.1) is 12.2 Å². The average Bonchev–Trinajstić information content (AvgIpc) is 2.66. The van der Waals surface area contributed by atoms with Crippen LogP contribution < -0.4 is 4.90 Å². The van der Waals surface area contributed by atoms with Crippen molar-refractivity contribution in [3.8, 4) is 0 Å². The molecule has 1 unspecified atom stereocenters. The number of benzene rings is 1. The monoisotopic (exact) mass is 374 g/mol. The van der Waals surface area contributed by atoms with Crippen molar-refractivity contribution in [3.05, 3.63) is 29.8 Å². The molecule has 0 radical (unpaired) electrons. The van der Waals surface area contributed by atoms with Gasteiger partial charge in [0.15, 0.2) is 0 Å². The quantitative estimate of drug-likeness (QED) is 0.717. The Morgan fingerprint density at radius 2 is 2.00 bits per heavy atom. The molecule has 0 N–H and O–H groups in total. The van der Waals surface area contributed by atoms with E-state index in [-0.39, 0.29) is 24.6 Å². The Hall–Kier alpha value is -1.92. The number of hydrogen-bond donors (Lipinski definition) is 0. The van der Waals surface area contributed by atoms with Crippen LogP contribution in [-0.2, 0) is 14.3 Å². The van der Waals surface area contributed by atoms with E-state index in [2.05, 4.69) is 18.7 Å². The summed E-state index contributed by atoms with van der Waals surface area (Å²) in [5.74, 6) is 0.407. The number of morpholine rings is 1. The van der Waals surface area contributed by atoms with Crippen LogP contribution in [0.1, 0.15) is 43.5 Å². The van der Waals surface area contributed by atoms with Crippen LogP contribution in [0.15, 0.2) is 24.3 Å². The van der Waals surface area contributed by atoms with Crippen LogP contribution in [-0.4, -0.2) is 62.3 Å². The molecule has 6 heteroatoms. The minimum absolute atomic E-state index is 0.0771. The van der Waals surface area contributed by atoms with Gasteiger partial charge >= 0.3 is 5.97 Å². The summed E-state index contributed by atoms with van der Waals surface area (Å²) in [5.41, 5.74) is 1.34. The lowest BCUT2D eigenvalue weighted by atomic mass is 10.1. The summed E-state index contributed by atoms with van der Waals surface area (Å²) in [5, 5.41) is 0. The number of rotatable bonds is 6. The van der Waals surface area contributed by atoms with Gasteiger partial charge in [0.2, 0.25) is 5.91 Å². The maximum atomic E-state index is 12.3. The molecule has 0 bridgehead atoms. The molecule has 2 heterocycles. The highest BCUT2D eigenvalue weighted by Gasteiger charge is 2.23. The fourth-order valence-corrected chi connectivity index (χ4v) is 3.67. The van der Waals surface area contributed by atoms with Gasteiger partial charge < -0.3 is 14.4 Å². The molecule has 6 nitrogen and oxygen atoms in total. The van der Waals surface area contributed by atoms with Crippen LogP contribution in [0, 0.1) is 5.92 Å². The Balaban J connectivity index is 1.50. The zero-order valence-corrected chi connectivity index (χ0v) is 16.4. The number of carbonyl (C=O) groups excluding carboxylic acids is 2. The fraction of sp³-hybridized carbons (Fsp3) is 0.619. The van der Waals surface area contributed by atoms with Crippen molar-refractivity contribution in [1.29, 1.82) is 0 Å². The summed E-state index contributed by atoms with van der Waals surface area (Å²) >= 11 is 0. The molecule has 1 amide bonds. The molecular weight excluding hydrogens is 344 g/mol. The first-order valence-electron chi connectivity index (χ1n) is 9.94. The van der Waals surface area contributed by atoms with Crippen molar-refractivity contribution in [1.82, 2.24) is 4.90 Å². The van der Waals surface area contributed by atoms with Gasteiger partial charge in [-0.25, -0.2) is 4.79 Å². The van der Waals surface area contributed by atoms with E-state index in [4.69, 9.17) is 9.47 Å². The summed E-state index contributed by atoms with van der Waals surface area (Å²) in [6.07, 6.45) is 2.49. The highest BCUT2D eigenvalue weighted by Crippen LogP contribution is 2.21. The number of anilines is 1. The molecule has 3 rings (SSSR count). The molecule has 2 aliphatic rings. The number of carbonyl (C=O) groups is 2. The number of amides is 1. The van der Waals surface area contributed by atoms with E-state index in [1.807, 2.05) is 12.1 Å². The predicted octanol–water partition coefficient (Wildman–Crippen LogP) is 2.72. The molecule has 1 aromatic rings. The van der Waals surface area contributed by atoms with E-state index in [1.54, 1.807) is 17.0 Å². The van der Waals surface area contributed by atoms with Gasteiger partial charge in [0.1, 0.15) is 12.7 Å². The van der Waals surface area contributed by atoms with E-state index < -0.39 is 0 Å². The number of piperidine rings is 1. The van der Waals surface area contributed by atoms with E-state index in [1.165, 1.54) is 0 Å². The van der Waals surface area contributed by atoms with Gasteiger partial charge in [0, 0.05) is 38.3 Å². The lowest BCUT2D eigenvalue weighted by Crippen LogP contribution is -2.45. The Kier molecular flexibility index (Phi) is 6.85. The minimum Gasteiger partial charge on any atom is -0.459 e. The van der Waals surface area contributed by atoms with Gasteiger partial charge in [-0.2, -0.15) is 0 Å². The molecule has 0 aliphatic carbocycles. The predicted molar refractivity (Wildman–Crippen MR) is 104 cm³/mol. The highest BCUT2D eigenvalue weighted by atomic mass is 16.6. The number of nitrogens with zero attached hydrogens (tertiary/aromatic N) is 2. The standard InChI is InChI=1S/C21H30N2O4/c1-16(2)13-22-11-12-26-19(14-22)15-27-21(25)17-6-8-18(9-7-17)23-10-4-3-5-20(23)24/h6-9,16,19H,3-5,10-15H2,1-2H3. The van der Waals surface area contributed by atoms with Crippen LogP contribution in [0.5, 0.6) is 0 Å². The minimum atomic E-state index is -0.351. The van der Waals surface area contributed by atoms with E-state index in [0.717, 1.165) is 44.7 Å². The molecule has 2 fully saturated rings. The molecule has 27 heavy (non-hydrogen) atoms. The van der Waals surface area contributed by atoms with Crippen LogP contribution in [0.2, 0.25) is 0 Å². The van der Waals surface area contributed by atoms with Crippen molar-refractivity contribution in [3.63, 3.8) is 0 Å². The van der Waals surface area contributed by atoms with Crippen molar-refractivity contribution >= 4 is 17.6 Å². The Morgan fingerprint density at radius 3 is 2.70 bits per heavy atom. The van der Waals surface area contributed by atoms with Crippen LogP contribution >= 0.6 is 0 Å². The number of esters is 1. The van der Waals surface area contributed by atoms with Gasteiger partial charge in [-0.15, -0.1) is 0 Å². The first-order chi connectivity index (χ1) is 13.0. The first-order valence-corrected chi connectivity index (χ1v) is 9.94. The molecule has 2 saturated heterocycles. The van der Waals surface area contributed by atoms with Gasteiger partial charge in [-0.1, -0.05) is 13.8 Å². The molecule has 0 saturated carbocycles. The van der Waals surface area contributed by atoms with E-state index >= 15 is 0 Å². The summed E-state index contributed by atoms with van der Waals surface area (Å²) in [7, 11) is 0. The van der Waals surface area contributed by atoms with Crippen molar-refractivity contribution < 1.29 is 19.1 Å². The second-order valence-electron chi connectivity index (χ2n) is 7.79. The van der Waals surface area contributed by atoms with Crippen LogP contribution in [0.25, 0.3) is 0 Å². The van der Waals surface area contributed by atoms with Crippen molar-refractivity contribution in [2.45, 2.75) is 39.2 Å². The maximum absolute atomic E-state index is 12.3. The normalized spacial score (nSPS) is 21.5. The van der Waals surface area contributed by atoms with E-state index in [0.29, 0.717) is 24.5 Å². The third kappa shape index (κ3) is 5.53. The molecule has 2 aliphatic heterocycles. The van der Waals surface area contributed by atoms with E-state index in [9.17, 15) is 9.59 Å². The topological polar surface area (TPSA) is 59.1 Å². The number of hydrogen-bond acceptors (Lipinski definition) is 5. The molecular formula is C21H30N2O4.